The quantitative estimate of drug-likeness (QED) is 0.848. The molecule has 1 aromatic heterocycles. The van der Waals surface area contributed by atoms with Crippen LogP contribution in [0.5, 0.6) is 0 Å². The monoisotopic (exact) mass is 363 g/mol. The molecule has 0 bridgehead atoms. The van der Waals surface area contributed by atoms with E-state index in [1.807, 2.05) is 7.05 Å². The lowest BCUT2D eigenvalue weighted by atomic mass is 9.95. The molecule has 3 rings (SSSR count). The van der Waals surface area contributed by atoms with E-state index >= 15 is 0 Å². The zero-order valence-electron chi connectivity index (χ0n) is 14.2. The van der Waals surface area contributed by atoms with Gasteiger partial charge in [-0.25, -0.2) is 9.18 Å². The predicted octanol–water partition coefficient (Wildman–Crippen LogP) is 3.77. The van der Waals surface area contributed by atoms with E-state index in [1.165, 1.54) is 55.6 Å². The van der Waals surface area contributed by atoms with Crippen molar-refractivity contribution in [3.63, 3.8) is 0 Å². The second-order valence-electron chi connectivity index (χ2n) is 6.23. The van der Waals surface area contributed by atoms with Crippen LogP contribution in [-0.2, 0) is 6.54 Å². The zero-order chi connectivity index (χ0) is 17.6. The Morgan fingerprint density at radius 3 is 2.68 bits per heavy atom. The summed E-state index contributed by atoms with van der Waals surface area (Å²) in [4.78, 5) is 14.1. The van der Waals surface area contributed by atoms with Crippen molar-refractivity contribution in [2.24, 2.45) is 0 Å². The number of nitrogens with one attached hydrogen (secondary N) is 2. The molecule has 1 fully saturated rings. The maximum Gasteiger partial charge on any atom is 0.321 e. The van der Waals surface area contributed by atoms with Crippen LogP contribution in [0.4, 0.5) is 19.4 Å². The van der Waals surface area contributed by atoms with Gasteiger partial charge in [0.2, 0.25) is 10.3 Å². The van der Waals surface area contributed by atoms with Crippen LogP contribution in [0.15, 0.2) is 24.3 Å². The first-order valence-corrected chi connectivity index (χ1v) is 9.29. The van der Waals surface area contributed by atoms with Gasteiger partial charge in [0, 0.05) is 19.6 Å². The fourth-order valence-electron chi connectivity index (χ4n) is 2.96. The van der Waals surface area contributed by atoms with Crippen LogP contribution in [0.2, 0.25) is 0 Å². The summed E-state index contributed by atoms with van der Waals surface area (Å²) < 4.78 is 12.9. The number of anilines is 2. The minimum Gasteiger partial charge on any atom is -0.347 e. The zero-order valence-corrected chi connectivity index (χ0v) is 15.0. The highest BCUT2D eigenvalue weighted by atomic mass is 32.1. The Kier molecular flexibility index (Phi) is 5.80. The van der Waals surface area contributed by atoms with Crippen LogP contribution in [0.1, 0.15) is 37.7 Å². The minimum atomic E-state index is -0.354. The standard InChI is InChI=1S/C17H22FN5OS/c1-23(14-5-3-2-4-6-14)17-22-21-16(25-17)20-15(24)19-11-12-7-9-13(18)10-8-12/h7-10,14H,2-6,11H2,1H3,(H2,19,20,21,24). The van der Waals surface area contributed by atoms with E-state index in [2.05, 4.69) is 25.7 Å². The Morgan fingerprint density at radius 1 is 1.24 bits per heavy atom. The Balaban J connectivity index is 1.50. The van der Waals surface area contributed by atoms with Crippen molar-refractivity contribution in [3.05, 3.63) is 35.6 Å². The summed E-state index contributed by atoms with van der Waals surface area (Å²) in [5.41, 5.74) is 0.825. The SMILES string of the molecule is CN(c1nnc(NC(=O)NCc2ccc(F)cc2)s1)C1CCCCC1. The summed E-state index contributed by atoms with van der Waals surface area (Å²) in [7, 11) is 2.04. The van der Waals surface area contributed by atoms with E-state index in [-0.39, 0.29) is 11.8 Å². The molecule has 2 N–H and O–H groups in total. The number of carbonyl (C=O) groups is 1. The molecule has 134 valence electrons. The molecule has 8 heteroatoms. The number of aromatic nitrogens is 2. The van der Waals surface area contributed by atoms with Crippen molar-refractivity contribution < 1.29 is 9.18 Å². The van der Waals surface area contributed by atoms with Gasteiger partial charge in [-0.15, -0.1) is 10.2 Å². The summed E-state index contributed by atoms with van der Waals surface area (Å²) in [6.07, 6.45) is 6.17. The summed E-state index contributed by atoms with van der Waals surface area (Å²) in [5, 5.41) is 14.9. The summed E-state index contributed by atoms with van der Waals surface area (Å²) >= 11 is 1.37. The molecule has 0 spiro atoms. The van der Waals surface area contributed by atoms with Crippen LogP contribution in [0.25, 0.3) is 0 Å². The van der Waals surface area contributed by atoms with Crippen molar-refractivity contribution in [1.82, 2.24) is 15.5 Å². The number of hydrogen-bond acceptors (Lipinski definition) is 5. The molecule has 0 aliphatic heterocycles. The average molecular weight is 363 g/mol. The second kappa shape index (κ2) is 8.24. The smallest absolute Gasteiger partial charge is 0.321 e. The van der Waals surface area contributed by atoms with E-state index < -0.39 is 0 Å². The molecule has 2 amide bonds. The summed E-state index contributed by atoms with van der Waals surface area (Å²) in [6.45, 7) is 0.319. The summed E-state index contributed by atoms with van der Waals surface area (Å²) in [5.74, 6) is -0.295. The van der Waals surface area contributed by atoms with Crippen LogP contribution in [0.3, 0.4) is 0 Å². The first kappa shape index (κ1) is 17.6. The Labute approximate surface area is 150 Å². The maximum atomic E-state index is 12.9. The lowest BCUT2D eigenvalue weighted by Gasteiger charge is -2.30. The Bertz CT molecular complexity index is 699. The van der Waals surface area contributed by atoms with Crippen molar-refractivity contribution in [1.29, 1.82) is 0 Å². The number of nitrogens with zero attached hydrogens (tertiary/aromatic N) is 3. The van der Waals surface area contributed by atoms with Gasteiger partial charge < -0.3 is 10.2 Å². The van der Waals surface area contributed by atoms with Crippen LogP contribution in [-0.4, -0.2) is 29.3 Å². The Hall–Kier alpha value is -2.22. The molecule has 0 saturated heterocycles. The fourth-order valence-corrected chi connectivity index (χ4v) is 3.73. The average Bonchev–Trinajstić information content (AvgIpc) is 3.10. The molecule has 1 heterocycles. The predicted molar refractivity (Wildman–Crippen MR) is 97.4 cm³/mol. The highest BCUT2D eigenvalue weighted by molar-refractivity contribution is 7.19. The van der Waals surface area contributed by atoms with Gasteiger partial charge in [0.15, 0.2) is 0 Å². The van der Waals surface area contributed by atoms with Gasteiger partial charge in [-0.3, -0.25) is 5.32 Å². The van der Waals surface area contributed by atoms with Gasteiger partial charge in [0.25, 0.3) is 0 Å². The maximum absolute atomic E-state index is 12.9. The van der Waals surface area contributed by atoms with Crippen LogP contribution >= 0.6 is 11.3 Å². The third kappa shape index (κ3) is 4.88. The van der Waals surface area contributed by atoms with E-state index in [0.717, 1.165) is 10.7 Å². The van der Waals surface area contributed by atoms with E-state index in [4.69, 9.17) is 0 Å². The van der Waals surface area contributed by atoms with Gasteiger partial charge in [-0.1, -0.05) is 42.7 Å². The topological polar surface area (TPSA) is 70.2 Å². The largest absolute Gasteiger partial charge is 0.347 e. The number of urea groups is 1. The van der Waals surface area contributed by atoms with Crippen molar-refractivity contribution in [3.8, 4) is 0 Å². The second-order valence-corrected chi connectivity index (χ2v) is 7.18. The lowest BCUT2D eigenvalue weighted by molar-refractivity contribution is 0.251. The fraction of sp³-hybridized carbons (Fsp3) is 0.471. The summed E-state index contributed by atoms with van der Waals surface area (Å²) in [6, 6.07) is 6.16. The van der Waals surface area contributed by atoms with Crippen LogP contribution in [0, 0.1) is 5.82 Å². The normalized spacial score (nSPS) is 15.0. The first-order valence-electron chi connectivity index (χ1n) is 8.47. The van der Waals surface area contributed by atoms with Gasteiger partial charge in [-0.05, 0) is 30.5 Å². The molecule has 6 nitrogen and oxygen atoms in total. The molecule has 0 atom stereocenters. The third-order valence-corrected chi connectivity index (χ3v) is 5.35. The van der Waals surface area contributed by atoms with Crippen molar-refractivity contribution in [2.45, 2.75) is 44.7 Å². The molecule has 0 radical (unpaired) electrons. The molecule has 1 aliphatic rings. The number of benzene rings is 1. The van der Waals surface area contributed by atoms with Gasteiger partial charge in [0.05, 0.1) is 0 Å². The Morgan fingerprint density at radius 2 is 1.96 bits per heavy atom. The van der Waals surface area contributed by atoms with Gasteiger partial charge in [-0.2, -0.15) is 0 Å². The third-order valence-electron chi connectivity index (χ3n) is 4.43. The van der Waals surface area contributed by atoms with Crippen molar-refractivity contribution in [2.75, 3.05) is 17.3 Å². The molecular formula is C17H22FN5OS. The van der Waals surface area contributed by atoms with E-state index in [9.17, 15) is 9.18 Å². The van der Waals surface area contributed by atoms with E-state index in [0.29, 0.717) is 17.7 Å². The molecule has 1 saturated carbocycles. The highest BCUT2D eigenvalue weighted by Gasteiger charge is 2.21. The molecule has 0 unspecified atom stereocenters. The molecular weight excluding hydrogens is 341 g/mol. The lowest BCUT2D eigenvalue weighted by Crippen LogP contribution is -2.33. The number of amides is 2. The van der Waals surface area contributed by atoms with Crippen LogP contribution < -0.4 is 15.5 Å². The van der Waals surface area contributed by atoms with Crippen molar-refractivity contribution >= 4 is 27.6 Å². The molecule has 1 aromatic carbocycles. The minimum absolute atomic E-state index is 0.295. The first-order chi connectivity index (χ1) is 12.1. The van der Waals surface area contributed by atoms with E-state index in [1.54, 1.807) is 12.1 Å². The number of halogens is 1. The molecule has 2 aromatic rings. The van der Waals surface area contributed by atoms with Gasteiger partial charge >= 0.3 is 6.03 Å². The highest BCUT2D eigenvalue weighted by Crippen LogP contribution is 2.29. The van der Waals surface area contributed by atoms with Gasteiger partial charge in [0.1, 0.15) is 5.82 Å². The number of rotatable bonds is 5. The number of carbonyl (C=O) groups excluding carboxylic acids is 1. The number of hydrogen-bond donors (Lipinski definition) is 2. The molecule has 25 heavy (non-hydrogen) atoms. The molecule has 1 aliphatic carbocycles.